The van der Waals surface area contributed by atoms with Gasteiger partial charge in [0.1, 0.15) is 0 Å². The van der Waals surface area contributed by atoms with Gasteiger partial charge >= 0.3 is 0 Å². The SMILES string of the molecule is CCN1CC2(C)OCC12. The maximum absolute atomic E-state index is 5.41. The lowest BCUT2D eigenvalue weighted by Crippen LogP contribution is -2.78. The van der Waals surface area contributed by atoms with Crippen molar-refractivity contribution in [3.63, 3.8) is 0 Å². The lowest BCUT2D eigenvalue weighted by molar-refractivity contribution is -0.280. The molecule has 0 bridgehead atoms. The van der Waals surface area contributed by atoms with Gasteiger partial charge in [-0.3, -0.25) is 4.90 Å². The molecule has 2 nitrogen and oxygen atoms in total. The van der Waals surface area contributed by atoms with Gasteiger partial charge in [0.2, 0.25) is 0 Å². The fourth-order valence-corrected chi connectivity index (χ4v) is 1.82. The van der Waals surface area contributed by atoms with Gasteiger partial charge in [-0.1, -0.05) is 6.92 Å². The summed E-state index contributed by atoms with van der Waals surface area (Å²) in [5.74, 6) is 0. The molecule has 2 heteroatoms. The topological polar surface area (TPSA) is 12.5 Å². The second kappa shape index (κ2) is 1.50. The Morgan fingerprint density at radius 1 is 1.78 bits per heavy atom. The summed E-state index contributed by atoms with van der Waals surface area (Å²) in [6.07, 6.45) is 0. The maximum Gasteiger partial charge on any atom is 0.0958 e. The monoisotopic (exact) mass is 127 g/mol. The van der Waals surface area contributed by atoms with Gasteiger partial charge < -0.3 is 4.74 Å². The molecule has 0 aromatic heterocycles. The summed E-state index contributed by atoms with van der Waals surface area (Å²) in [5, 5.41) is 0. The Balaban J connectivity index is 1.98. The summed E-state index contributed by atoms with van der Waals surface area (Å²) < 4.78 is 5.41. The van der Waals surface area contributed by atoms with Crippen LogP contribution in [-0.4, -0.2) is 36.2 Å². The largest absolute Gasteiger partial charge is 0.370 e. The average Bonchev–Trinajstić information content (AvgIpc) is 1.85. The molecule has 9 heavy (non-hydrogen) atoms. The van der Waals surface area contributed by atoms with Crippen LogP contribution in [0.4, 0.5) is 0 Å². The summed E-state index contributed by atoms with van der Waals surface area (Å²) in [6, 6.07) is 0.752. The first-order valence-corrected chi connectivity index (χ1v) is 3.64. The summed E-state index contributed by atoms with van der Waals surface area (Å²) >= 11 is 0. The zero-order valence-electron chi connectivity index (χ0n) is 6.05. The van der Waals surface area contributed by atoms with E-state index in [0.29, 0.717) is 0 Å². The first-order chi connectivity index (χ1) is 4.26. The van der Waals surface area contributed by atoms with Gasteiger partial charge in [-0.05, 0) is 13.5 Å². The minimum absolute atomic E-state index is 0.260. The van der Waals surface area contributed by atoms with Crippen LogP contribution in [0, 0.1) is 0 Å². The van der Waals surface area contributed by atoms with E-state index in [1.165, 1.54) is 6.54 Å². The van der Waals surface area contributed by atoms with E-state index in [0.717, 1.165) is 19.2 Å². The van der Waals surface area contributed by atoms with Crippen LogP contribution >= 0.6 is 0 Å². The van der Waals surface area contributed by atoms with E-state index >= 15 is 0 Å². The molecule has 2 rings (SSSR count). The van der Waals surface area contributed by atoms with Crippen LogP contribution in [0.15, 0.2) is 0 Å². The van der Waals surface area contributed by atoms with Crippen molar-refractivity contribution >= 4 is 0 Å². The Labute approximate surface area is 55.8 Å². The first-order valence-electron chi connectivity index (χ1n) is 3.64. The number of fused-ring (bicyclic) bond motifs is 1. The van der Waals surface area contributed by atoms with E-state index in [9.17, 15) is 0 Å². The van der Waals surface area contributed by atoms with Gasteiger partial charge in [0.15, 0.2) is 0 Å². The molecule has 2 saturated heterocycles. The zero-order valence-corrected chi connectivity index (χ0v) is 6.05. The highest BCUT2D eigenvalue weighted by Gasteiger charge is 2.56. The van der Waals surface area contributed by atoms with Crippen molar-refractivity contribution in [2.45, 2.75) is 25.5 Å². The molecule has 0 spiro atoms. The van der Waals surface area contributed by atoms with Crippen molar-refractivity contribution in [3.8, 4) is 0 Å². The average molecular weight is 127 g/mol. The fraction of sp³-hybridized carbons (Fsp3) is 1.00. The number of ether oxygens (including phenoxy) is 1. The second-order valence-electron chi connectivity index (χ2n) is 3.20. The number of likely N-dealkylation sites (N-methyl/N-ethyl adjacent to an activating group) is 1. The van der Waals surface area contributed by atoms with Crippen molar-refractivity contribution in [2.24, 2.45) is 0 Å². The third-order valence-electron chi connectivity index (χ3n) is 2.64. The molecule has 2 atom stereocenters. The van der Waals surface area contributed by atoms with Crippen LogP contribution in [0.5, 0.6) is 0 Å². The smallest absolute Gasteiger partial charge is 0.0958 e. The third-order valence-corrected chi connectivity index (χ3v) is 2.64. The van der Waals surface area contributed by atoms with Crippen LogP contribution in [0.25, 0.3) is 0 Å². The number of hydrogen-bond acceptors (Lipinski definition) is 2. The summed E-state index contributed by atoms with van der Waals surface area (Å²) in [5.41, 5.74) is 0.260. The molecule has 2 aliphatic heterocycles. The second-order valence-corrected chi connectivity index (χ2v) is 3.20. The number of morpholine rings is 1. The van der Waals surface area contributed by atoms with Gasteiger partial charge in [0, 0.05) is 6.54 Å². The minimum Gasteiger partial charge on any atom is -0.370 e. The molecule has 2 fully saturated rings. The number of nitrogens with zero attached hydrogens (tertiary/aromatic N) is 1. The molecule has 2 unspecified atom stereocenters. The van der Waals surface area contributed by atoms with Crippen LogP contribution in [0.3, 0.4) is 0 Å². The molecule has 0 aliphatic carbocycles. The molecule has 0 amide bonds. The van der Waals surface area contributed by atoms with Crippen LogP contribution in [0.2, 0.25) is 0 Å². The highest BCUT2D eigenvalue weighted by Crippen LogP contribution is 2.40. The Bertz CT molecular complexity index is 137. The predicted molar refractivity (Wildman–Crippen MR) is 35.4 cm³/mol. The molecule has 2 heterocycles. The van der Waals surface area contributed by atoms with Gasteiger partial charge in [0.05, 0.1) is 18.2 Å². The maximum atomic E-state index is 5.41. The lowest BCUT2D eigenvalue weighted by Gasteiger charge is -2.62. The van der Waals surface area contributed by atoms with Crippen molar-refractivity contribution in [1.29, 1.82) is 0 Å². The minimum atomic E-state index is 0.260. The molecule has 0 N–H and O–H groups in total. The fourth-order valence-electron chi connectivity index (χ4n) is 1.82. The van der Waals surface area contributed by atoms with Gasteiger partial charge in [0.25, 0.3) is 0 Å². The van der Waals surface area contributed by atoms with Crippen LogP contribution in [-0.2, 0) is 4.74 Å². The van der Waals surface area contributed by atoms with E-state index < -0.39 is 0 Å². The summed E-state index contributed by atoms with van der Waals surface area (Å²) in [7, 11) is 0. The quantitative estimate of drug-likeness (QED) is 0.508. The lowest BCUT2D eigenvalue weighted by atomic mass is 9.81. The van der Waals surface area contributed by atoms with Crippen molar-refractivity contribution in [1.82, 2.24) is 4.90 Å². The molecule has 0 aromatic carbocycles. The van der Waals surface area contributed by atoms with Gasteiger partial charge in [-0.2, -0.15) is 0 Å². The number of rotatable bonds is 1. The van der Waals surface area contributed by atoms with E-state index in [-0.39, 0.29) is 5.60 Å². The Morgan fingerprint density at radius 2 is 2.56 bits per heavy atom. The molecule has 0 aromatic rings. The van der Waals surface area contributed by atoms with Crippen molar-refractivity contribution in [3.05, 3.63) is 0 Å². The van der Waals surface area contributed by atoms with Crippen molar-refractivity contribution in [2.75, 3.05) is 19.7 Å². The summed E-state index contributed by atoms with van der Waals surface area (Å²) in [4.78, 5) is 2.46. The van der Waals surface area contributed by atoms with E-state index in [4.69, 9.17) is 4.74 Å². The molecule has 2 aliphatic rings. The standard InChI is InChI=1S/C7H13NO/c1-3-8-5-7(2)6(8)4-9-7/h6H,3-5H2,1-2H3. The molecular formula is C7H13NO. The molecule has 0 saturated carbocycles. The Morgan fingerprint density at radius 3 is 2.67 bits per heavy atom. The van der Waals surface area contributed by atoms with E-state index in [1.54, 1.807) is 0 Å². The number of hydrogen-bond donors (Lipinski definition) is 0. The first kappa shape index (κ1) is 5.69. The number of likely N-dealkylation sites (tertiary alicyclic amines) is 1. The predicted octanol–water partition coefficient (Wildman–Crippen LogP) is 0.479. The van der Waals surface area contributed by atoms with E-state index in [2.05, 4.69) is 18.7 Å². The molecule has 0 radical (unpaired) electrons. The van der Waals surface area contributed by atoms with Crippen LogP contribution < -0.4 is 0 Å². The normalized spacial score (nSPS) is 49.3. The van der Waals surface area contributed by atoms with Crippen LogP contribution in [0.1, 0.15) is 13.8 Å². The highest BCUT2D eigenvalue weighted by molar-refractivity contribution is 5.09. The zero-order chi connectivity index (χ0) is 6.48. The highest BCUT2D eigenvalue weighted by atomic mass is 16.5. The van der Waals surface area contributed by atoms with E-state index in [1.807, 2.05) is 0 Å². The van der Waals surface area contributed by atoms with Crippen molar-refractivity contribution < 1.29 is 4.74 Å². The Kier molecular flexibility index (Phi) is 0.945. The Hall–Kier alpha value is -0.0800. The van der Waals surface area contributed by atoms with Gasteiger partial charge in [-0.25, -0.2) is 0 Å². The summed E-state index contributed by atoms with van der Waals surface area (Å²) in [6.45, 7) is 7.70. The molecular weight excluding hydrogens is 114 g/mol. The van der Waals surface area contributed by atoms with Gasteiger partial charge in [-0.15, -0.1) is 0 Å². The molecule has 52 valence electrons. The third kappa shape index (κ3) is 0.528.